The number of nitrogens with one attached hydrogen (secondary N) is 2. The van der Waals surface area contributed by atoms with Crippen LogP contribution in [0, 0.1) is 5.82 Å². The molecule has 0 saturated carbocycles. The smallest absolute Gasteiger partial charge is 0.317 e. The Morgan fingerprint density at radius 2 is 1.82 bits per heavy atom. The van der Waals surface area contributed by atoms with Crippen molar-refractivity contribution in [3.63, 3.8) is 0 Å². The van der Waals surface area contributed by atoms with Crippen molar-refractivity contribution in [1.29, 1.82) is 0 Å². The van der Waals surface area contributed by atoms with Gasteiger partial charge < -0.3 is 20.3 Å². The predicted octanol–water partition coefficient (Wildman–Crippen LogP) is 4.18. The average Bonchev–Trinajstić information content (AvgIpc) is 2.66. The van der Waals surface area contributed by atoms with Crippen molar-refractivity contribution in [2.24, 2.45) is 0 Å². The Balaban J connectivity index is 1.79. The zero-order valence-corrected chi connectivity index (χ0v) is 16.7. The minimum Gasteiger partial charge on any atom is -0.492 e. The molecule has 0 radical (unpaired) electrons. The fraction of sp³-hybridized carbons (Fsp3) is 0.263. The number of rotatable bonds is 8. The van der Waals surface area contributed by atoms with E-state index < -0.39 is 17.8 Å². The molecule has 0 fully saturated rings. The molecule has 28 heavy (non-hydrogen) atoms. The molecule has 0 unspecified atom stereocenters. The second-order valence-electron chi connectivity index (χ2n) is 5.70. The van der Waals surface area contributed by atoms with Crippen molar-refractivity contribution < 1.29 is 18.7 Å². The van der Waals surface area contributed by atoms with Crippen molar-refractivity contribution in [2.45, 2.75) is 6.92 Å². The van der Waals surface area contributed by atoms with E-state index in [-0.39, 0.29) is 19.7 Å². The van der Waals surface area contributed by atoms with Crippen LogP contribution in [0.2, 0.25) is 10.0 Å². The number of anilines is 1. The molecule has 0 bridgehead atoms. The Morgan fingerprint density at radius 1 is 1.14 bits per heavy atom. The fourth-order valence-electron chi connectivity index (χ4n) is 2.29. The Hall–Kier alpha value is -2.51. The van der Waals surface area contributed by atoms with Gasteiger partial charge in [0.15, 0.2) is 0 Å². The molecule has 2 aromatic carbocycles. The van der Waals surface area contributed by atoms with Crippen molar-refractivity contribution in [2.75, 3.05) is 31.6 Å². The van der Waals surface area contributed by atoms with Gasteiger partial charge in [0.25, 0.3) is 0 Å². The highest BCUT2D eigenvalue weighted by molar-refractivity contribution is 6.39. The molecule has 150 valence electrons. The highest BCUT2D eigenvalue weighted by atomic mass is 35.5. The van der Waals surface area contributed by atoms with Gasteiger partial charge in [0.1, 0.15) is 24.7 Å². The largest absolute Gasteiger partial charge is 0.492 e. The number of halogens is 3. The number of benzene rings is 2. The first-order valence-electron chi connectivity index (χ1n) is 8.55. The molecule has 2 rings (SSSR count). The topological polar surface area (TPSA) is 70.7 Å². The lowest BCUT2D eigenvalue weighted by Crippen LogP contribution is -2.45. The van der Waals surface area contributed by atoms with Gasteiger partial charge in [0.2, 0.25) is 5.91 Å². The van der Waals surface area contributed by atoms with Gasteiger partial charge in [-0.25, -0.2) is 9.18 Å². The summed E-state index contributed by atoms with van der Waals surface area (Å²) < 4.78 is 18.4. The number of para-hydroxylation sites is 1. The minimum atomic E-state index is -0.428. The van der Waals surface area contributed by atoms with Crippen molar-refractivity contribution in [3.8, 4) is 5.75 Å². The van der Waals surface area contributed by atoms with Gasteiger partial charge in [-0.15, -0.1) is 0 Å². The summed E-state index contributed by atoms with van der Waals surface area (Å²) in [5.41, 5.74) is 0.302. The third-order valence-electron chi connectivity index (χ3n) is 3.67. The second-order valence-corrected chi connectivity index (χ2v) is 6.51. The van der Waals surface area contributed by atoms with E-state index in [1.165, 1.54) is 23.1 Å². The molecular weight excluding hydrogens is 408 g/mol. The zero-order chi connectivity index (χ0) is 20.5. The normalized spacial score (nSPS) is 10.3. The van der Waals surface area contributed by atoms with Crippen LogP contribution in [-0.2, 0) is 4.79 Å². The van der Waals surface area contributed by atoms with Gasteiger partial charge >= 0.3 is 6.03 Å². The van der Waals surface area contributed by atoms with Crippen LogP contribution in [0.15, 0.2) is 42.5 Å². The molecule has 0 atom stereocenters. The van der Waals surface area contributed by atoms with Crippen molar-refractivity contribution >= 4 is 40.8 Å². The fourth-order valence-corrected chi connectivity index (χ4v) is 2.78. The highest BCUT2D eigenvalue weighted by Gasteiger charge is 2.17. The molecule has 2 aromatic rings. The van der Waals surface area contributed by atoms with E-state index in [0.717, 1.165) is 0 Å². The van der Waals surface area contributed by atoms with E-state index in [0.29, 0.717) is 28.0 Å². The highest BCUT2D eigenvalue weighted by Crippen LogP contribution is 2.29. The molecule has 0 heterocycles. The zero-order valence-electron chi connectivity index (χ0n) is 15.2. The van der Waals surface area contributed by atoms with Gasteiger partial charge in [-0.1, -0.05) is 35.3 Å². The number of amides is 3. The number of carbonyl (C=O) groups excluding carboxylic acids is 2. The molecular formula is C19H20Cl2FN3O3. The van der Waals surface area contributed by atoms with E-state index in [4.69, 9.17) is 27.9 Å². The summed E-state index contributed by atoms with van der Waals surface area (Å²) in [4.78, 5) is 25.8. The summed E-state index contributed by atoms with van der Waals surface area (Å²) in [6.07, 6.45) is 0. The summed E-state index contributed by atoms with van der Waals surface area (Å²) in [5.74, 6) is -0.455. The first kappa shape index (κ1) is 21.8. The third kappa shape index (κ3) is 6.58. The van der Waals surface area contributed by atoms with E-state index >= 15 is 0 Å². The van der Waals surface area contributed by atoms with Crippen LogP contribution in [0.25, 0.3) is 0 Å². The van der Waals surface area contributed by atoms with Crippen LogP contribution in [0.1, 0.15) is 6.92 Å². The molecule has 0 spiro atoms. The summed E-state index contributed by atoms with van der Waals surface area (Å²) in [5, 5.41) is 5.87. The van der Waals surface area contributed by atoms with E-state index in [1.54, 1.807) is 31.2 Å². The molecule has 9 heteroatoms. The summed E-state index contributed by atoms with van der Waals surface area (Å²) in [6.45, 7) is 2.26. The summed E-state index contributed by atoms with van der Waals surface area (Å²) >= 11 is 12.0. The van der Waals surface area contributed by atoms with Gasteiger partial charge in [-0.2, -0.15) is 0 Å². The lowest BCUT2D eigenvalue weighted by Gasteiger charge is -2.21. The monoisotopic (exact) mass is 427 g/mol. The number of hydrogen-bond acceptors (Lipinski definition) is 3. The molecule has 0 aromatic heterocycles. The van der Waals surface area contributed by atoms with Crippen LogP contribution in [0.4, 0.5) is 14.9 Å². The maximum Gasteiger partial charge on any atom is 0.317 e. The average molecular weight is 428 g/mol. The quantitative estimate of drug-likeness (QED) is 0.620. The minimum absolute atomic E-state index is 0.161. The van der Waals surface area contributed by atoms with Crippen LogP contribution < -0.4 is 15.4 Å². The van der Waals surface area contributed by atoms with Crippen LogP contribution in [0.5, 0.6) is 5.75 Å². The number of ether oxygens (including phenoxy) is 1. The number of likely N-dealkylation sites (N-methyl/N-ethyl adjacent to an activating group) is 1. The van der Waals surface area contributed by atoms with Crippen molar-refractivity contribution in [3.05, 3.63) is 58.3 Å². The van der Waals surface area contributed by atoms with Crippen LogP contribution >= 0.6 is 23.2 Å². The molecule has 3 amide bonds. The van der Waals surface area contributed by atoms with Crippen molar-refractivity contribution in [1.82, 2.24) is 10.2 Å². The first-order chi connectivity index (χ1) is 13.4. The Kier molecular flexibility index (Phi) is 8.35. The molecule has 2 N–H and O–H groups in total. The SMILES string of the molecule is CCN(CC(=O)Nc1c(Cl)cccc1Cl)C(=O)NCCOc1cccc(F)c1. The predicted molar refractivity (Wildman–Crippen MR) is 108 cm³/mol. The molecule has 0 aliphatic heterocycles. The second kappa shape index (κ2) is 10.7. The lowest BCUT2D eigenvalue weighted by molar-refractivity contribution is -0.116. The van der Waals surface area contributed by atoms with Gasteiger partial charge in [-0.05, 0) is 31.2 Å². The standard InChI is InChI=1S/C19H20Cl2FN3O3/c1-2-25(12-17(26)24-18-15(20)7-4-8-16(18)21)19(27)23-9-10-28-14-6-3-5-13(22)11-14/h3-8,11H,2,9-10,12H2,1H3,(H,23,27)(H,24,26). The number of hydrogen-bond donors (Lipinski definition) is 2. The summed E-state index contributed by atoms with van der Waals surface area (Å²) in [7, 11) is 0. The Labute approximate surface area is 172 Å². The number of carbonyl (C=O) groups is 2. The van der Waals surface area contributed by atoms with Gasteiger partial charge in [-0.3, -0.25) is 4.79 Å². The molecule has 0 aliphatic carbocycles. The molecule has 0 aliphatic rings. The maximum atomic E-state index is 13.1. The van der Waals surface area contributed by atoms with E-state index in [2.05, 4.69) is 10.6 Å². The Bertz CT molecular complexity index is 816. The number of urea groups is 1. The molecule has 6 nitrogen and oxygen atoms in total. The van der Waals surface area contributed by atoms with Gasteiger partial charge in [0, 0.05) is 12.6 Å². The maximum absolute atomic E-state index is 13.1. The summed E-state index contributed by atoms with van der Waals surface area (Å²) in [6, 6.07) is 10.2. The number of nitrogens with zero attached hydrogens (tertiary/aromatic N) is 1. The first-order valence-corrected chi connectivity index (χ1v) is 9.31. The Morgan fingerprint density at radius 3 is 2.46 bits per heavy atom. The lowest BCUT2D eigenvalue weighted by atomic mass is 10.3. The van der Waals surface area contributed by atoms with Crippen LogP contribution in [-0.4, -0.2) is 43.1 Å². The van der Waals surface area contributed by atoms with Gasteiger partial charge in [0.05, 0.1) is 22.3 Å². The van der Waals surface area contributed by atoms with Crippen LogP contribution in [0.3, 0.4) is 0 Å². The van der Waals surface area contributed by atoms with E-state index in [9.17, 15) is 14.0 Å². The molecule has 0 saturated heterocycles. The van der Waals surface area contributed by atoms with E-state index in [1.807, 2.05) is 0 Å². The third-order valence-corrected chi connectivity index (χ3v) is 4.30.